The molecule has 0 heterocycles. The molecule has 7 nitrogen and oxygen atoms in total. The van der Waals surface area contributed by atoms with E-state index in [-0.39, 0.29) is 6.54 Å². The summed E-state index contributed by atoms with van der Waals surface area (Å²) in [7, 11) is 1.22. The number of ether oxygens (including phenoxy) is 2. The lowest BCUT2D eigenvalue weighted by Gasteiger charge is -2.27. The van der Waals surface area contributed by atoms with E-state index in [2.05, 4.69) is 10.1 Å². The van der Waals surface area contributed by atoms with E-state index in [4.69, 9.17) is 4.74 Å². The Morgan fingerprint density at radius 2 is 1.75 bits per heavy atom. The number of nitrogens with zero attached hydrogens (tertiary/aromatic N) is 1. The van der Waals surface area contributed by atoms with Crippen molar-refractivity contribution in [3.05, 3.63) is 35.9 Å². The molecule has 0 saturated heterocycles. The molecular formula is C17H24N2O5. The van der Waals surface area contributed by atoms with Crippen LogP contribution in [0.2, 0.25) is 0 Å². The highest BCUT2D eigenvalue weighted by atomic mass is 16.6. The maximum absolute atomic E-state index is 12.4. The minimum Gasteiger partial charge on any atom is -0.467 e. The quantitative estimate of drug-likeness (QED) is 0.855. The van der Waals surface area contributed by atoms with Crippen molar-refractivity contribution in [1.29, 1.82) is 0 Å². The fourth-order valence-corrected chi connectivity index (χ4v) is 1.80. The SMILES string of the molecule is COC(=O)[C@H](C)NC(=O)N(Cc1ccccc1)C(=O)OC(C)(C)C. The first-order valence-electron chi connectivity index (χ1n) is 7.57. The van der Waals surface area contributed by atoms with Crippen LogP contribution in [0.4, 0.5) is 9.59 Å². The number of carbonyl (C=O) groups excluding carboxylic acids is 3. The summed E-state index contributed by atoms with van der Waals surface area (Å²) in [4.78, 5) is 37.1. The van der Waals surface area contributed by atoms with Crippen LogP contribution >= 0.6 is 0 Å². The maximum Gasteiger partial charge on any atom is 0.418 e. The molecule has 1 aromatic carbocycles. The summed E-state index contributed by atoms with van der Waals surface area (Å²) in [6.07, 6.45) is -0.791. The third-order valence-electron chi connectivity index (χ3n) is 2.94. The smallest absolute Gasteiger partial charge is 0.418 e. The van der Waals surface area contributed by atoms with Crippen molar-refractivity contribution in [2.24, 2.45) is 0 Å². The van der Waals surface area contributed by atoms with Crippen molar-refractivity contribution < 1.29 is 23.9 Å². The first-order valence-corrected chi connectivity index (χ1v) is 7.57. The Morgan fingerprint density at radius 1 is 1.17 bits per heavy atom. The number of hydrogen-bond donors (Lipinski definition) is 1. The minimum atomic E-state index is -0.886. The van der Waals surface area contributed by atoms with Crippen LogP contribution in [0.15, 0.2) is 30.3 Å². The van der Waals surface area contributed by atoms with Gasteiger partial charge in [0.2, 0.25) is 0 Å². The Kier molecular flexibility index (Phi) is 6.76. The van der Waals surface area contributed by atoms with Gasteiger partial charge >= 0.3 is 18.1 Å². The van der Waals surface area contributed by atoms with Gasteiger partial charge in [-0.1, -0.05) is 30.3 Å². The number of rotatable bonds is 4. The molecule has 24 heavy (non-hydrogen) atoms. The predicted molar refractivity (Wildman–Crippen MR) is 88.2 cm³/mol. The summed E-state index contributed by atoms with van der Waals surface area (Å²) in [6, 6.07) is 7.40. The highest BCUT2D eigenvalue weighted by Crippen LogP contribution is 2.13. The Balaban J connectivity index is 2.93. The van der Waals surface area contributed by atoms with Crippen LogP contribution in [-0.2, 0) is 20.8 Å². The third kappa shape index (κ3) is 6.28. The van der Waals surface area contributed by atoms with E-state index in [0.717, 1.165) is 10.5 Å². The molecule has 1 atom stereocenters. The van der Waals surface area contributed by atoms with E-state index >= 15 is 0 Å². The third-order valence-corrected chi connectivity index (χ3v) is 2.94. The van der Waals surface area contributed by atoms with Crippen LogP contribution in [-0.4, -0.2) is 41.7 Å². The van der Waals surface area contributed by atoms with Gasteiger partial charge in [0.25, 0.3) is 0 Å². The second kappa shape index (κ2) is 8.33. The highest BCUT2D eigenvalue weighted by Gasteiger charge is 2.29. The summed E-state index contributed by atoms with van der Waals surface area (Å²) in [5.74, 6) is -0.604. The van der Waals surface area contributed by atoms with Crippen molar-refractivity contribution in [2.45, 2.75) is 45.9 Å². The first-order chi connectivity index (χ1) is 11.1. The molecule has 3 amide bonds. The van der Waals surface area contributed by atoms with Gasteiger partial charge in [0.05, 0.1) is 13.7 Å². The lowest BCUT2D eigenvalue weighted by molar-refractivity contribution is -0.142. The standard InChI is InChI=1S/C17H24N2O5/c1-12(14(20)23-5)18-15(21)19(16(22)24-17(2,3)4)11-13-9-7-6-8-10-13/h6-10,12H,11H2,1-5H3,(H,18,21)/t12-/m0/s1. The molecule has 0 aromatic heterocycles. The fourth-order valence-electron chi connectivity index (χ4n) is 1.80. The summed E-state index contributed by atoms with van der Waals surface area (Å²) >= 11 is 0. The molecule has 0 spiro atoms. The Morgan fingerprint density at radius 3 is 2.25 bits per heavy atom. The lowest BCUT2D eigenvalue weighted by Crippen LogP contribution is -2.50. The van der Waals surface area contributed by atoms with Gasteiger partial charge in [-0.25, -0.2) is 19.3 Å². The summed E-state index contributed by atoms with van der Waals surface area (Å²) in [6.45, 7) is 6.62. The van der Waals surface area contributed by atoms with Crippen molar-refractivity contribution in [1.82, 2.24) is 10.2 Å². The Labute approximate surface area is 141 Å². The van der Waals surface area contributed by atoms with Crippen molar-refractivity contribution in [3.63, 3.8) is 0 Å². The van der Waals surface area contributed by atoms with Gasteiger partial charge in [-0.05, 0) is 33.3 Å². The number of amides is 3. The molecule has 132 valence electrons. The molecule has 1 rings (SSSR count). The zero-order valence-corrected chi connectivity index (χ0v) is 14.7. The number of imide groups is 1. The maximum atomic E-state index is 12.4. The van der Waals surface area contributed by atoms with E-state index < -0.39 is 29.7 Å². The van der Waals surface area contributed by atoms with Gasteiger partial charge in [0.15, 0.2) is 0 Å². The monoisotopic (exact) mass is 336 g/mol. The molecule has 1 aromatic rings. The Bertz CT molecular complexity index is 580. The number of urea groups is 1. The largest absolute Gasteiger partial charge is 0.467 e. The molecule has 0 bridgehead atoms. The summed E-state index contributed by atoms with van der Waals surface area (Å²) in [5, 5.41) is 2.43. The number of methoxy groups -OCH3 is 1. The predicted octanol–water partition coefficient (Wildman–Crippen LogP) is 2.69. The second-order valence-corrected chi connectivity index (χ2v) is 6.25. The zero-order chi connectivity index (χ0) is 18.3. The lowest BCUT2D eigenvalue weighted by atomic mass is 10.2. The van der Waals surface area contributed by atoms with Gasteiger partial charge in [0.1, 0.15) is 11.6 Å². The average molecular weight is 336 g/mol. The number of benzene rings is 1. The van der Waals surface area contributed by atoms with E-state index in [9.17, 15) is 14.4 Å². The number of hydrogen-bond acceptors (Lipinski definition) is 5. The number of carbonyl (C=O) groups is 3. The van der Waals surface area contributed by atoms with Crippen LogP contribution in [0.25, 0.3) is 0 Å². The average Bonchev–Trinajstić information content (AvgIpc) is 2.50. The van der Waals surface area contributed by atoms with Gasteiger partial charge in [-0.3, -0.25) is 0 Å². The van der Waals surface area contributed by atoms with E-state index in [1.807, 2.05) is 6.07 Å². The fraction of sp³-hybridized carbons (Fsp3) is 0.471. The van der Waals surface area contributed by atoms with Crippen LogP contribution in [0.5, 0.6) is 0 Å². The molecular weight excluding hydrogens is 312 g/mol. The summed E-state index contributed by atoms with van der Waals surface area (Å²) < 4.78 is 9.84. The van der Waals surface area contributed by atoms with Crippen LogP contribution < -0.4 is 5.32 Å². The highest BCUT2D eigenvalue weighted by molar-refractivity contribution is 5.93. The van der Waals surface area contributed by atoms with Gasteiger partial charge in [0, 0.05) is 0 Å². The van der Waals surface area contributed by atoms with Gasteiger partial charge in [-0.2, -0.15) is 0 Å². The molecule has 0 aliphatic carbocycles. The Hall–Kier alpha value is -2.57. The van der Waals surface area contributed by atoms with E-state index in [1.54, 1.807) is 45.0 Å². The molecule has 0 unspecified atom stereocenters. The van der Waals surface area contributed by atoms with Crippen molar-refractivity contribution >= 4 is 18.1 Å². The van der Waals surface area contributed by atoms with Gasteiger partial charge in [-0.15, -0.1) is 0 Å². The topological polar surface area (TPSA) is 84.9 Å². The van der Waals surface area contributed by atoms with Crippen LogP contribution in [0, 0.1) is 0 Å². The molecule has 0 aliphatic heterocycles. The zero-order valence-electron chi connectivity index (χ0n) is 14.7. The number of esters is 1. The van der Waals surface area contributed by atoms with E-state index in [1.165, 1.54) is 14.0 Å². The minimum absolute atomic E-state index is 0.0233. The normalized spacial score (nSPS) is 12.0. The van der Waals surface area contributed by atoms with Crippen LogP contribution in [0.1, 0.15) is 33.3 Å². The number of nitrogens with one attached hydrogen (secondary N) is 1. The van der Waals surface area contributed by atoms with Gasteiger partial charge < -0.3 is 14.8 Å². The molecule has 0 fully saturated rings. The first kappa shape index (κ1) is 19.5. The van der Waals surface area contributed by atoms with Crippen LogP contribution in [0.3, 0.4) is 0 Å². The molecule has 0 radical (unpaired) electrons. The molecule has 0 aliphatic rings. The second-order valence-electron chi connectivity index (χ2n) is 6.25. The van der Waals surface area contributed by atoms with Crippen molar-refractivity contribution in [2.75, 3.05) is 7.11 Å². The molecule has 1 N–H and O–H groups in total. The van der Waals surface area contributed by atoms with Crippen molar-refractivity contribution in [3.8, 4) is 0 Å². The molecule has 7 heteroatoms. The van der Waals surface area contributed by atoms with E-state index in [0.29, 0.717) is 0 Å². The summed E-state index contributed by atoms with van der Waals surface area (Å²) in [5.41, 5.74) is 0.00418. The molecule has 0 saturated carbocycles.